The second-order valence-electron chi connectivity index (χ2n) is 3.36. The molecule has 3 nitrogen and oxygen atoms in total. The van der Waals surface area contributed by atoms with Gasteiger partial charge in [-0.15, -0.1) is 0 Å². The molecule has 1 aromatic heterocycles. The number of aryl methyl sites for hydroxylation is 1. The van der Waals surface area contributed by atoms with Gasteiger partial charge in [0.05, 0.1) is 0 Å². The van der Waals surface area contributed by atoms with Crippen LogP contribution in [-0.4, -0.2) is 9.97 Å². The maximum atomic E-state index is 13.0. The minimum Gasteiger partial charge on any atom is -0.352 e. The van der Waals surface area contributed by atoms with Crippen molar-refractivity contribution >= 4 is 5.95 Å². The molecular formula is C11H12FN3. The third-order valence-electron chi connectivity index (χ3n) is 2.26. The van der Waals surface area contributed by atoms with Crippen LogP contribution in [0.1, 0.15) is 11.1 Å². The molecular weight excluding hydrogens is 193 g/mol. The zero-order chi connectivity index (χ0) is 10.7. The fraction of sp³-hybridized carbons (Fsp3) is 0.182. The number of benzene rings is 1. The van der Waals surface area contributed by atoms with E-state index in [0.717, 1.165) is 11.1 Å². The van der Waals surface area contributed by atoms with Crippen molar-refractivity contribution in [3.8, 4) is 0 Å². The summed E-state index contributed by atoms with van der Waals surface area (Å²) in [6.45, 7) is 2.52. The van der Waals surface area contributed by atoms with Crippen molar-refractivity contribution in [2.24, 2.45) is 0 Å². The average Bonchev–Trinajstić information content (AvgIpc) is 2.72. The maximum Gasteiger partial charge on any atom is 0.200 e. The van der Waals surface area contributed by atoms with Crippen LogP contribution in [0.15, 0.2) is 30.6 Å². The van der Waals surface area contributed by atoms with Gasteiger partial charge in [0.2, 0.25) is 0 Å². The van der Waals surface area contributed by atoms with Crippen molar-refractivity contribution in [2.45, 2.75) is 13.5 Å². The first-order chi connectivity index (χ1) is 7.25. The van der Waals surface area contributed by atoms with E-state index < -0.39 is 0 Å². The quantitative estimate of drug-likeness (QED) is 0.808. The van der Waals surface area contributed by atoms with Crippen molar-refractivity contribution in [1.82, 2.24) is 9.97 Å². The van der Waals surface area contributed by atoms with Gasteiger partial charge in [0, 0.05) is 18.9 Å². The number of rotatable bonds is 3. The van der Waals surface area contributed by atoms with Crippen LogP contribution >= 0.6 is 0 Å². The molecule has 0 bridgehead atoms. The van der Waals surface area contributed by atoms with Gasteiger partial charge in [-0.3, -0.25) is 0 Å². The molecule has 0 aliphatic rings. The Kier molecular flexibility index (Phi) is 2.67. The summed E-state index contributed by atoms with van der Waals surface area (Å²) in [4.78, 5) is 6.95. The van der Waals surface area contributed by atoms with E-state index >= 15 is 0 Å². The van der Waals surface area contributed by atoms with E-state index in [1.807, 2.05) is 6.92 Å². The number of nitrogens with one attached hydrogen (secondary N) is 2. The normalized spacial score (nSPS) is 10.3. The van der Waals surface area contributed by atoms with Crippen LogP contribution in [0.4, 0.5) is 10.3 Å². The van der Waals surface area contributed by atoms with E-state index in [2.05, 4.69) is 15.3 Å². The van der Waals surface area contributed by atoms with Crippen LogP contribution < -0.4 is 5.32 Å². The van der Waals surface area contributed by atoms with E-state index in [1.165, 1.54) is 12.1 Å². The summed E-state index contributed by atoms with van der Waals surface area (Å²) >= 11 is 0. The smallest absolute Gasteiger partial charge is 0.200 e. The zero-order valence-electron chi connectivity index (χ0n) is 8.42. The van der Waals surface area contributed by atoms with Crippen molar-refractivity contribution in [3.63, 3.8) is 0 Å². The summed E-state index contributed by atoms with van der Waals surface area (Å²) in [5.41, 5.74) is 2.00. The Hall–Kier alpha value is -1.84. The highest BCUT2D eigenvalue weighted by Gasteiger charge is 2.00. The Morgan fingerprint density at radius 2 is 2.33 bits per heavy atom. The molecule has 0 amide bonds. The Morgan fingerprint density at radius 1 is 1.47 bits per heavy atom. The number of hydrogen-bond acceptors (Lipinski definition) is 2. The van der Waals surface area contributed by atoms with Crippen molar-refractivity contribution in [3.05, 3.63) is 47.5 Å². The molecule has 0 saturated heterocycles. The zero-order valence-corrected chi connectivity index (χ0v) is 8.42. The lowest BCUT2D eigenvalue weighted by molar-refractivity contribution is 0.625. The molecule has 1 heterocycles. The number of halogens is 1. The number of anilines is 1. The summed E-state index contributed by atoms with van der Waals surface area (Å²) in [5.74, 6) is 0.482. The number of imidazole rings is 1. The van der Waals surface area contributed by atoms with E-state index in [4.69, 9.17) is 0 Å². The first-order valence-electron chi connectivity index (χ1n) is 4.74. The van der Waals surface area contributed by atoms with Crippen LogP contribution in [-0.2, 0) is 6.54 Å². The SMILES string of the molecule is Cc1ccc(F)cc1CNc1ncc[nH]1. The summed E-state index contributed by atoms with van der Waals surface area (Å²) in [7, 11) is 0. The molecule has 15 heavy (non-hydrogen) atoms. The van der Waals surface area contributed by atoms with E-state index in [0.29, 0.717) is 12.5 Å². The minimum absolute atomic E-state index is 0.211. The van der Waals surface area contributed by atoms with Gasteiger partial charge in [0.15, 0.2) is 5.95 Å². The first-order valence-corrected chi connectivity index (χ1v) is 4.74. The number of hydrogen-bond donors (Lipinski definition) is 2. The highest BCUT2D eigenvalue weighted by atomic mass is 19.1. The third-order valence-corrected chi connectivity index (χ3v) is 2.26. The Labute approximate surface area is 87.4 Å². The minimum atomic E-state index is -0.211. The predicted molar refractivity (Wildman–Crippen MR) is 57.1 cm³/mol. The van der Waals surface area contributed by atoms with Crippen molar-refractivity contribution in [2.75, 3.05) is 5.32 Å². The largest absolute Gasteiger partial charge is 0.352 e. The number of nitrogens with zero attached hydrogens (tertiary/aromatic N) is 1. The van der Waals surface area contributed by atoms with Gasteiger partial charge >= 0.3 is 0 Å². The lowest BCUT2D eigenvalue weighted by Gasteiger charge is -2.06. The van der Waals surface area contributed by atoms with E-state index in [9.17, 15) is 4.39 Å². The van der Waals surface area contributed by atoms with Crippen LogP contribution in [0.5, 0.6) is 0 Å². The fourth-order valence-corrected chi connectivity index (χ4v) is 1.37. The molecule has 2 rings (SSSR count). The Morgan fingerprint density at radius 3 is 3.07 bits per heavy atom. The molecule has 0 fully saturated rings. The summed E-state index contributed by atoms with van der Waals surface area (Å²) < 4.78 is 13.0. The van der Waals surface area contributed by atoms with Gasteiger partial charge in [0.25, 0.3) is 0 Å². The highest BCUT2D eigenvalue weighted by molar-refractivity contribution is 5.31. The molecule has 78 valence electrons. The fourth-order valence-electron chi connectivity index (χ4n) is 1.37. The predicted octanol–water partition coefficient (Wildman–Crippen LogP) is 2.47. The van der Waals surface area contributed by atoms with Gasteiger partial charge < -0.3 is 10.3 Å². The molecule has 1 aromatic carbocycles. The Balaban J connectivity index is 2.07. The molecule has 0 radical (unpaired) electrons. The molecule has 2 aromatic rings. The molecule has 0 aliphatic heterocycles. The summed E-state index contributed by atoms with van der Waals surface area (Å²) in [5, 5.41) is 3.08. The van der Waals surface area contributed by atoms with Crippen LogP contribution in [0.25, 0.3) is 0 Å². The summed E-state index contributed by atoms with van der Waals surface area (Å²) in [6.07, 6.45) is 3.40. The topological polar surface area (TPSA) is 40.7 Å². The molecule has 0 atom stereocenters. The van der Waals surface area contributed by atoms with Crippen molar-refractivity contribution < 1.29 is 4.39 Å². The highest BCUT2D eigenvalue weighted by Crippen LogP contribution is 2.11. The van der Waals surface area contributed by atoms with Gasteiger partial charge in [-0.1, -0.05) is 6.07 Å². The van der Waals surface area contributed by atoms with Gasteiger partial charge in [-0.05, 0) is 30.2 Å². The van der Waals surface area contributed by atoms with Gasteiger partial charge in [-0.25, -0.2) is 9.37 Å². The second kappa shape index (κ2) is 4.13. The number of H-pyrrole nitrogens is 1. The van der Waals surface area contributed by atoms with E-state index in [1.54, 1.807) is 18.5 Å². The van der Waals surface area contributed by atoms with Crippen LogP contribution in [0.2, 0.25) is 0 Å². The third kappa shape index (κ3) is 2.34. The van der Waals surface area contributed by atoms with Crippen molar-refractivity contribution in [1.29, 1.82) is 0 Å². The summed E-state index contributed by atoms with van der Waals surface area (Å²) in [6, 6.07) is 4.77. The molecule has 4 heteroatoms. The molecule has 0 saturated carbocycles. The molecule has 2 N–H and O–H groups in total. The lowest BCUT2D eigenvalue weighted by atomic mass is 10.1. The molecule has 0 unspecified atom stereocenters. The lowest BCUT2D eigenvalue weighted by Crippen LogP contribution is -2.02. The molecule has 0 spiro atoms. The maximum absolute atomic E-state index is 13.0. The monoisotopic (exact) mass is 205 g/mol. The van der Waals surface area contributed by atoms with Gasteiger partial charge in [0.1, 0.15) is 5.82 Å². The second-order valence-corrected chi connectivity index (χ2v) is 3.36. The van der Waals surface area contributed by atoms with E-state index in [-0.39, 0.29) is 5.82 Å². The average molecular weight is 205 g/mol. The van der Waals surface area contributed by atoms with Crippen LogP contribution in [0.3, 0.4) is 0 Å². The number of aromatic amines is 1. The van der Waals surface area contributed by atoms with Crippen LogP contribution in [0, 0.1) is 12.7 Å². The first kappa shape index (κ1) is 9.71. The standard InChI is InChI=1S/C11H12FN3/c1-8-2-3-10(12)6-9(8)7-15-11-13-4-5-14-11/h2-6H,7H2,1H3,(H2,13,14,15). The Bertz CT molecular complexity index is 437. The molecule has 0 aliphatic carbocycles. The van der Waals surface area contributed by atoms with Gasteiger partial charge in [-0.2, -0.15) is 0 Å². The number of aromatic nitrogens is 2.